The molecule has 1 spiro atoms. The number of nitrogens with zero attached hydrogens (tertiary/aromatic N) is 3. The van der Waals surface area contributed by atoms with E-state index in [2.05, 4.69) is 10.0 Å². The van der Waals surface area contributed by atoms with Crippen molar-refractivity contribution in [3.63, 3.8) is 0 Å². The van der Waals surface area contributed by atoms with Gasteiger partial charge < -0.3 is 24.8 Å². The second-order valence-electron chi connectivity index (χ2n) is 18.4. The molecule has 4 amide bonds. The summed E-state index contributed by atoms with van der Waals surface area (Å²) in [6.07, 6.45) is 11.0. The van der Waals surface area contributed by atoms with Crippen molar-refractivity contribution in [1.82, 2.24) is 24.8 Å². The molecule has 3 N–H and O–H groups in total. The van der Waals surface area contributed by atoms with Crippen molar-refractivity contribution in [2.24, 2.45) is 11.8 Å². The fourth-order valence-corrected chi connectivity index (χ4v) is 10.8. The minimum Gasteiger partial charge on any atom is -0.497 e. The summed E-state index contributed by atoms with van der Waals surface area (Å²) in [7, 11) is -2.38. The number of allylic oxidation sites excluding steroid dienone is 1. The molecule has 4 heterocycles. The Morgan fingerprint density at radius 2 is 1.88 bits per heavy atom. The number of rotatable bonds is 8. The van der Waals surface area contributed by atoms with Crippen LogP contribution in [0.1, 0.15) is 121 Å². The summed E-state index contributed by atoms with van der Waals surface area (Å²) in [5, 5.41) is 14.4. The van der Waals surface area contributed by atoms with Crippen molar-refractivity contribution in [3.8, 4) is 11.5 Å². The number of fused-ring (bicyclic) bond motifs is 5. The van der Waals surface area contributed by atoms with Crippen LogP contribution in [0.2, 0.25) is 0 Å². The fourth-order valence-electron chi connectivity index (χ4n) is 9.49. The second-order valence-corrected chi connectivity index (χ2v) is 20.5. The van der Waals surface area contributed by atoms with Gasteiger partial charge >= 0.3 is 6.09 Å². The van der Waals surface area contributed by atoms with Gasteiger partial charge in [0.25, 0.3) is 5.91 Å². The van der Waals surface area contributed by atoms with E-state index in [9.17, 15) is 27.9 Å². The molecule has 14 nitrogen and oxygen atoms in total. The van der Waals surface area contributed by atoms with Crippen molar-refractivity contribution < 1.29 is 42.2 Å². The first kappa shape index (κ1) is 40.4. The standard InChI is InChI=1S/C43H57N5O9S/c1-26(2)24-47(40(52)53)33-14-9-7-5-6-8-13-28-22-43(28,39(51)46-58(54,55)41(3)19-20-41)45-37(49)34-23-42(25-48(34)38(33)50)18-17-30-31-21-29(56-4)15-16-32(31)44-35(36(30)57-42)27-11-10-12-27/h8,13,15-16,21,26-28,33-34H,5-7,9-12,14,17-20,22-25H2,1-4H3,(H,45,49)(H,46,51)(H,52,53)/b13-8-/t28-,33+,34+,42-,43-/m1/s1. The number of ether oxygens (including phenoxy) is 2. The van der Waals surface area contributed by atoms with Crippen LogP contribution in [0.3, 0.4) is 0 Å². The Balaban J connectivity index is 1.18. The number of nitrogens with one attached hydrogen (secondary N) is 2. The van der Waals surface area contributed by atoms with E-state index >= 15 is 4.79 Å². The molecule has 1 saturated heterocycles. The molecule has 15 heteroatoms. The number of amides is 4. The van der Waals surface area contributed by atoms with E-state index in [4.69, 9.17) is 14.5 Å². The third-order valence-electron chi connectivity index (χ3n) is 13.7. The molecule has 4 fully saturated rings. The monoisotopic (exact) mass is 819 g/mol. The SMILES string of the molecule is COc1ccc2nc(C3CCC3)c3c(c2c1)CC[C@]1(C[C@H]2C(=O)N[C@]4(C(=O)NS(=O)(=O)C5(C)CC5)C[C@H]4/C=C\CCCCC[C@H](N(CC(C)C)C(=O)O)C(=O)N2C1)O3. The Kier molecular flexibility index (Phi) is 10.4. The van der Waals surface area contributed by atoms with Crippen LogP contribution in [0.5, 0.6) is 11.5 Å². The number of hydrogen-bond donors (Lipinski definition) is 3. The maximum atomic E-state index is 15.1. The van der Waals surface area contributed by atoms with E-state index in [1.807, 2.05) is 44.2 Å². The van der Waals surface area contributed by atoms with Gasteiger partial charge in [-0.15, -0.1) is 0 Å². The topological polar surface area (TPSA) is 185 Å². The molecule has 1 aromatic heterocycles. The van der Waals surface area contributed by atoms with Gasteiger partial charge in [-0.3, -0.25) is 24.0 Å². The Hall–Kier alpha value is -4.40. The lowest BCUT2D eigenvalue weighted by molar-refractivity contribution is -0.143. The summed E-state index contributed by atoms with van der Waals surface area (Å²) < 4.78 is 40.6. The first-order valence-electron chi connectivity index (χ1n) is 21.1. The molecule has 0 unspecified atom stereocenters. The highest BCUT2D eigenvalue weighted by Gasteiger charge is 2.64. The first-order valence-corrected chi connectivity index (χ1v) is 22.6. The molecule has 5 atom stereocenters. The predicted molar refractivity (Wildman–Crippen MR) is 216 cm³/mol. The lowest BCUT2D eigenvalue weighted by Gasteiger charge is -2.39. The van der Waals surface area contributed by atoms with Crippen molar-refractivity contribution in [3.05, 3.63) is 41.6 Å². The number of carbonyl (C=O) groups excluding carboxylic acids is 3. The lowest BCUT2D eigenvalue weighted by Crippen LogP contribution is -2.59. The van der Waals surface area contributed by atoms with E-state index in [0.717, 1.165) is 54.3 Å². The lowest BCUT2D eigenvalue weighted by atomic mass is 9.79. The summed E-state index contributed by atoms with van der Waals surface area (Å²) in [6, 6.07) is 3.67. The highest BCUT2D eigenvalue weighted by molar-refractivity contribution is 7.91. The van der Waals surface area contributed by atoms with Gasteiger partial charge in [-0.25, -0.2) is 18.2 Å². The predicted octanol–water partition coefficient (Wildman–Crippen LogP) is 5.57. The van der Waals surface area contributed by atoms with Crippen molar-refractivity contribution >= 4 is 44.7 Å². The number of hydrogen-bond acceptors (Lipinski definition) is 9. The molecule has 3 saturated carbocycles. The maximum Gasteiger partial charge on any atom is 0.407 e. The highest BCUT2D eigenvalue weighted by Crippen LogP contribution is 2.51. The van der Waals surface area contributed by atoms with Gasteiger partial charge in [-0.2, -0.15) is 0 Å². The van der Waals surface area contributed by atoms with Crippen molar-refractivity contribution in [2.75, 3.05) is 20.2 Å². The van der Waals surface area contributed by atoms with Crippen LogP contribution >= 0.6 is 0 Å². The molecule has 1 aromatic carbocycles. The quantitative estimate of drug-likeness (QED) is 0.285. The molecule has 2 aromatic rings. The van der Waals surface area contributed by atoms with Gasteiger partial charge in [0, 0.05) is 35.8 Å². The van der Waals surface area contributed by atoms with Gasteiger partial charge in [0.05, 0.1) is 29.6 Å². The third-order valence-corrected chi connectivity index (χ3v) is 15.8. The average Bonchev–Trinajstić information content (AvgIpc) is 4.05. The Morgan fingerprint density at radius 3 is 2.55 bits per heavy atom. The molecule has 6 aliphatic rings. The molecule has 3 aliphatic heterocycles. The smallest absolute Gasteiger partial charge is 0.407 e. The van der Waals surface area contributed by atoms with Gasteiger partial charge in [0.2, 0.25) is 21.8 Å². The number of carboxylic acid groups (broad SMARTS) is 1. The van der Waals surface area contributed by atoms with Crippen LogP contribution in [0.25, 0.3) is 10.9 Å². The number of benzene rings is 1. The number of carbonyl (C=O) groups is 4. The van der Waals surface area contributed by atoms with E-state index in [-0.39, 0.29) is 44.2 Å². The molecule has 0 radical (unpaired) electrons. The van der Waals surface area contributed by atoms with Crippen LogP contribution in [-0.4, -0.2) is 100 Å². The number of pyridine rings is 1. The molecule has 0 bridgehead atoms. The number of methoxy groups -OCH3 is 1. The zero-order valence-corrected chi connectivity index (χ0v) is 34.9. The minimum absolute atomic E-state index is 0.0323. The van der Waals surface area contributed by atoms with Crippen LogP contribution < -0.4 is 19.5 Å². The largest absolute Gasteiger partial charge is 0.497 e. The van der Waals surface area contributed by atoms with Crippen LogP contribution in [0.4, 0.5) is 4.79 Å². The van der Waals surface area contributed by atoms with Gasteiger partial charge in [-0.05, 0) is 95.2 Å². The van der Waals surface area contributed by atoms with Crippen LogP contribution in [0.15, 0.2) is 30.4 Å². The van der Waals surface area contributed by atoms with E-state index in [1.165, 1.54) is 9.80 Å². The first-order chi connectivity index (χ1) is 27.6. The van der Waals surface area contributed by atoms with Gasteiger partial charge in [0.15, 0.2) is 0 Å². The molecule has 8 rings (SSSR count). The normalized spacial score (nSPS) is 30.1. The summed E-state index contributed by atoms with van der Waals surface area (Å²) in [6.45, 7) is 5.58. The van der Waals surface area contributed by atoms with Gasteiger partial charge in [-0.1, -0.05) is 45.3 Å². The van der Waals surface area contributed by atoms with Crippen LogP contribution in [0, 0.1) is 11.8 Å². The van der Waals surface area contributed by atoms with Gasteiger partial charge in [0.1, 0.15) is 34.7 Å². The summed E-state index contributed by atoms with van der Waals surface area (Å²) in [5.74, 6) is -0.766. The average molecular weight is 820 g/mol. The van der Waals surface area contributed by atoms with Crippen LogP contribution in [-0.2, 0) is 30.8 Å². The zero-order chi connectivity index (χ0) is 41.2. The summed E-state index contributed by atoms with van der Waals surface area (Å²) >= 11 is 0. The van der Waals surface area contributed by atoms with Crippen molar-refractivity contribution in [1.29, 1.82) is 0 Å². The zero-order valence-electron chi connectivity index (χ0n) is 34.1. The highest BCUT2D eigenvalue weighted by atomic mass is 32.2. The Morgan fingerprint density at radius 1 is 1.10 bits per heavy atom. The molecular weight excluding hydrogens is 763 g/mol. The van der Waals surface area contributed by atoms with E-state index in [0.29, 0.717) is 50.0 Å². The minimum atomic E-state index is -4.01. The third kappa shape index (κ3) is 7.29. The number of aryl methyl sites for hydroxylation is 1. The number of sulfonamides is 1. The second kappa shape index (κ2) is 15.0. The molecule has 314 valence electrons. The summed E-state index contributed by atoms with van der Waals surface area (Å²) in [4.78, 5) is 64.7. The molecule has 3 aliphatic carbocycles. The Bertz CT molecular complexity index is 2150. The fraction of sp³-hybridized carbons (Fsp3) is 0.651. The maximum absolute atomic E-state index is 15.1. The van der Waals surface area contributed by atoms with E-state index in [1.54, 1.807) is 14.0 Å². The van der Waals surface area contributed by atoms with E-state index < -0.39 is 67.7 Å². The number of aromatic nitrogens is 1. The molecular formula is C43H57N5O9S. The Labute approximate surface area is 340 Å². The molecule has 58 heavy (non-hydrogen) atoms. The summed E-state index contributed by atoms with van der Waals surface area (Å²) in [5.41, 5.74) is 0.198. The van der Waals surface area contributed by atoms with Crippen molar-refractivity contribution in [2.45, 2.75) is 145 Å².